The number of pyridine rings is 1. The number of nitrogens with zero attached hydrogens (tertiary/aromatic N) is 2. The molecule has 2 aromatic heterocycles. The van der Waals surface area contributed by atoms with E-state index in [4.69, 9.17) is 5.73 Å². The largest absolute Gasteiger partial charge is 0.349 e. The summed E-state index contributed by atoms with van der Waals surface area (Å²) in [5.74, 6) is 1.45. The van der Waals surface area contributed by atoms with Crippen LogP contribution in [0.1, 0.15) is 32.0 Å². The van der Waals surface area contributed by atoms with Gasteiger partial charge < -0.3 is 15.5 Å². The molecule has 0 spiro atoms. The van der Waals surface area contributed by atoms with Crippen molar-refractivity contribution in [2.75, 3.05) is 12.3 Å². The zero-order chi connectivity index (χ0) is 17.0. The number of imidazole rings is 1. The molecule has 0 aliphatic rings. The number of carbonyl (C=O) groups excluding carboxylic acids is 1. The van der Waals surface area contributed by atoms with Crippen LogP contribution in [0.3, 0.4) is 0 Å². The number of rotatable bonds is 7. The van der Waals surface area contributed by atoms with E-state index in [1.54, 1.807) is 11.8 Å². The molecule has 2 aromatic rings. The molecule has 0 aliphatic carbocycles. The number of aromatic nitrogens is 2. The average Bonchev–Trinajstić information content (AvgIpc) is 2.88. The normalized spacial score (nSPS) is 14.2. The highest BCUT2D eigenvalue weighted by Crippen LogP contribution is 2.17. The lowest BCUT2D eigenvalue weighted by atomic mass is 9.88. The van der Waals surface area contributed by atoms with Crippen LogP contribution < -0.4 is 11.1 Å². The van der Waals surface area contributed by atoms with Gasteiger partial charge in [-0.05, 0) is 31.4 Å². The Labute approximate surface area is 142 Å². The molecule has 1 amide bonds. The summed E-state index contributed by atoms with van der Waals surface area (Å²) in [6.07, 6.45) is 4.07. The monoisotopic (exact) mass is 334 g/mol. The van der Waals surface area contributed by atoms with Crippen LogP contribution in [-0.4, -0.2) is 33.1 Å². The molecule has 0 radical (unpaired) electrons. The molecule has 1 atom stereocenters. The lowest BCUT2D eigenvalue weighted by Gasteiger charge is -2.33. The zero-order valence-electron chi connectivity index (χ0n) is 14.3. The molecule has 0 bridgehead atoms. The van der Waals surface area contributed by atoms with Gasteiger partial charge in [0.25, 0.3) is 0 Å². The maximum Gasteiger partial charge on any atom is 0.230 e. The SMILES string of the molecule is Cc1ccc2nc(CSCC(=O)NC(C)(CN)C(C)C)cn2c1. The number of hydrogen-bond donors (Lipinski definition) is 2. The summed E-state index contributed by atoms with van der Waals surface area (Å²) in [6.45, 7) is 8.62. The van der Waals surface area contributed by atoms with E-state index >= 15 is 0 Å². The van der Waals surface area contributed by atoms with Gasteiger partial charge in [0.2, 0.25) is 5.91 Å². The molecule has 2 rings (SSSR count). The Balaban J connectivity index is 1.87. The first-order valence-corrected chi connectivity index (χ1v) is 9.02. The van der Waals surface area contributed by atoms with Crippen LogP contribution in [0.15, 0.2) is 24.5 Å². The van der Waals surface area contributed by atoms with Crippen LogP contribution in [0.2, 0.25) is 0 Å². The number of aryl methyl sites for hydroxylation is 1. The van der Waals surface area contributed by atoms with Gasteiger partial charge in [0.05, 0.1) is 17.0 Å². The van der Waals surface area contributed by atoms with E-state index in [9.17, 15) is 4.79 Å². The van der Waals surface area contributed by atoms with Gasteiger partial charge in [-0.15, -0.1) is 11.8 Å². The highest BCUT2D eigenvalue weighted by molar-refractivity contribution is 7.99. The lowest BCUT2D eigenvalue weighted by molar-refractivity contribution is -0.120. The molecule has 2 heterocycles. The quantitative estimate of drug-likeness (QED) is 0.815. The second kappa shape index (κ2) is 7.36. The summed E-state index contributed by atoms with van der Waals surface area (Å²) >= 11 is 1.57. The molecule has 6 heteroatoms. The van der Waals surface area contributed by atoms with E-state index in [1.807, 2.05) is 29.7 Å². The molecule has 0 aromatic carbocycles. The number of nitrogens with two attached hydrogens (primary N) is 1. The van der Waals surface area contributed by atoms with Crippen molar-refractivity contribution >= 4 is 23.3 Å². The highest BCUT2D eigenvalue weighted by Gasteiger charge is 2.28. The number of nitrogens with one attached hydrogen (secondary N) is 1. The van der Waals surface area contributed by atoms with E-state index in [0.29, 0.717) is 18.2 Å². The summed E-state index contributed by atoms with van der Waals surface area (Å²) in [6, 6.07) is 4.05. The number of hydrogen-bond acceptors (Lipinski definition) is 4. The maximum atomic E-state index is 12.1. The second-order valence-corrected chi connectivity index (χ2v) is 7.51. The first kappa shape index (κ1) is 17.8. The van der Waals surface area contributed by atoms with Crippen molar-refractivity contribution in [3.8, 4) is 0 Å². The van der Waals surface area contributed by atoms with E-state index < -0.39 is 0 Å². The molecule has 1 unspecified atom stereocenters. The van der Waals surface area contributed by atoms with Gasteiger partial charge in [-0.2, -0.15) is 0 Å². The van der Waals surface area contributed by atoms with Crippen LogP contribution in [0.25, 0.3) is 5.65 Å². The zero-order valence-corrected chi connectivity index (χ0v) is 15.1. The maximum absolute atomic E-state index is 12.1. The van der Waals surface area contributed by atoms with Crippen LogP contribution >= 0.6 is 11.8 Å². The topological polar surface area (TPSA) is 72.4 Å². The summed E-state index contributed by atoms with van der Waals surface area (Å²) in [5, 5.41) is 3.05. The summed E-state index contributed by atoms with van der Waals surface area (Å²) in [7, 11) is 0. The highest BCUT2D eigenvalue weighted by atomic mass is 32.2. The Hall–Kier alpha value is -1.53. The van der Waals surface area contributed by atoms with Crippen molar-refractivity contribution in [3.63, 3.8) is 0 Å². The van der Waals surface area contributed by atoms with Crippen LogP contribution in [0, 0.1) is 12.8 Å². The third kappa shape index (κ3) is 4.48. The number of fused-ring (bicyclic) bond motifs is 1. The third-order valence-electron chi connectivity index (χ3n) is 4.26. The Morgan fingerprint density at radius 3 is 2.83 bits per heavy atom. The number of carbonyl (C=O) groups is 1. The molecule has 0 saturated heterocycles. The predicted octanol–water partition coefficient (Wildman–Crippen LogP) is 2.37. The Kier molecular flexibility index (Phi) is 5.70. The summed E-state index contributed by atoms with van der Waals surface area (Å²) in [4.78, 5) is 16.7. The first-order chi connectivity index (χ1) is 10.8. The average molecular weight is 334 g/mol. The Morgan fingerprint density at radius 2 is 2.17 bits per heavy atom. The van der Waals surface area contributed by atoms with Gasteiger partial charge in [0.15, 0.2) is 0 Å². The van der Waals surface area contributed by atoms with E-state index in [2.05, 4.69) is 37.3 Å². The molecule has 0 saturated carbocycles. The van der Waals surface area contributed by atoms with Gasteiger partial charge >= 0.3 is 0 Å². The van der Waals surface area contributed by atoms with Gasteiger partial charge in [-0.25, -0.2) is 4.98 Å². The minimum Gasteiger partial charge on any atom is -0.349 e. The minimum atomic E-state index is -0.349. The minimum absolute atomic E-state index is 0.0243. The molecule has 23 heavy (non-hydrogen) atoms. The molecule has 3 N–H and O–H groups in total. The molecule has 0 fully saturated rings. The molecule has 126 valence electrons. The molecule has 5 nitrogen and oxygen atoms in total. The fourth-order valence-electron chi connectivity index (χ4n) is 2.26. The fraction of sp³-hybridized carbons (Fsp3) is 0.529. The summed E-state index contributed by atoms with van der Waals surface area (Å²) < 4.78 is 2.02. The van der Waals surface area contributed by atoms with Crippen molar-refractivity contribution in [3.05, 3.63) is 35.8 Å². The van der Waals surface area contributed by atoms with Crippen LogP contribution in [-0.2, 0) is 10.5 Å². The molecular formula is C17H26N4OS. The van der Waals surface area contributed by atoms with Crippen molar-refractivity contribution in [1.82, 2.24) is 14.7 Å². The standard InChI is InChI=1S/C17H26N4OS/c1-12(2)17(4,11-18)20-16(22)10-23-9-14-8-21-7-13(3)5-6-15(21)19-14/h5-8,12H,9-11,18H2,1-4H3,(H,20,22). The summed E-state index contributed by atoms with van der Waals surface area (Å²) in [5.41, 5.74) is 8.57. The van der Waals surface area contributed by atoms with E-state index in [-0.39, 0.29) is 11.4 Å². The number of thioether (sulfide) groups is 1. The number of amides is 1. The molecular weight excluding hydrogens is 308 g/mol. The van der Waals surface area contributed by atoms with Crippen molar-refractivity contribution in [2.24, 2.45) is 11.7 Å². The van der Waals surface area contributed by atoms with Gasteiger partial charge in [-0.1, -0.05) is 19.9 Å². The third-order valence-corrected chi connectivity index (χ3v) is 5.22. The lowest BCUT2D eigenvalue weighted by Crippen LogP contribution is -2.55. The fourth-order valence-corrected chi connectivity index (χ4v) is 2.97. The van der Waals surface area contributed by atoms with Crippen LogP contribution in [0.4, 0.5) is 0 Å². The second-order valence-electron chi connectivity index (χ2n) is 6.52. The smallest absolute Gasteiger partial charge is 0.230 e. The van der Waals surface area contributed by atoms with Crippen molar-refractivity contribution in [2.45, 2.75) is 39.0 Å². The van der Waals surface area contributed by atoms with E-state index in [1.165, 1.54) is 5.56 Å². The predicted molar refractivity (Wildman–Crippen MR) is 96.5 cm³/mol. The molecule has 0 aliphatic heterocycles. The van der Waals surface area contributed by atoms with Crippen LogP contribution in [0.5, 0.6) is 0 Å². The van der Waals surface area contributed by atoms with Gasteiger partial charge in [-0.3, -0.25) is 4.79 Å². The Morgan fingerprint density at radius 1 is 1.43 bits per heavy atom. The van der Waals surface area contributed by atoms with Gasteiger partial charge in [0, 0.05) is 24.7 Å². The van der Waals surface area contributed by atoms with Crippen molar-refractivity contribution in [1.29, 1.82) is 0 Å². The van der Waals surface area contributed by atoms with E-state index in [0.717, 1.165) is 17.1 Å². The van der Waals surface area contributed by atoms with Gasteiger partial charge in [0.1, 0.15) is 5.65 Å². The first-order valence-electron chi connectivity index (χ1n) is 7.87. The van der Waals surface area contributed by atoms with Crippen molar-refractivity contribution < 1.29 is 4.79 Å². The Bertz CT molecular complexity index is 682.